The van der Waals surface area contributed by atoms with Crippen LogP contribution in [0.15, 0.2) is 18.2 Å². The molecule has 1 nitrogen and oxygen atoms in total. The molecule has 0 radical (unpaired) electrons. The van der Waals surface area contributed by atoms with Crippen molar-refractivity contribution >= 4 is 5.69 Å². The molecular weight excluding hydrogens is 182 g/mol. The van der Waals surface area contributed by atoms with Crippen molar-refractivity contribution in [3.05, 3.63) is 29.3 Å². The summed E-state index contributed by atoms with van der Waals surface area (Å²) in [5, 5.41) is 0. The van der Waals surface area contributed by atoms with Crippen LogP contribution in [0.5, 0.6) is 0 Å². The molecule has 0 spiro atoms. The van der Waals surface area contributed by atoms with E-state index in [0.717, 1.165) is 18.5 Å². The second-order valence-corrected chi connectivity index (χ2v) is 4.38. The van der Waals surface area contributed by atoms with Crippen LogP contribution in [0.25, 0.3) is 0 Å². The number of nitrogens with two attached hydrogens (primary N) is 1. The fourth-order valence-corrected chi connectivity index (χ4v) is 1.83. The highest BCUT2D eigenvalue weighted by Gasteiger charge is 2.07. The molecule has 0 aliphatic carbocycles. The normalized spacial score (nSPS) is 12.7. The monoisotopic (exact) mass is 205 g/mol. The first-order chi connectivity index (χ1) is 7.19. The summed E-state index contributed by atoms with van der Waals surface area (Å²) in [6.45, 7) is 6.66. The number of unbranched alkanes of at least 4 members (excludes halogenated alkanes) is 1. The van der Waals surface area contributed by atoms with Crippen LogP contribution in [0, 0.1) is 0 Å². The Morgan fingerprint density at radius 3 is 2.53 bits per heavy atom. The Hall–Kier alpha value is -0.980. The lowest BCUT2D eigenvalue weighted by Gasteiger charge is -2.13. The second kappa shape index (κ2) is 5.79. The van der Waals surface area contributed by atoms with Gasteiger partial charge >= 0.3 is 0 Å². The first-order valence-electron chi connectivity index (χ1n) is 6.07. The average molecular weight is 205 g/mol. The largest absolute Gasteiger partial charge is 0.398 e. The molecule has 1 aromatic carbocycles. The van der Waals surface area contributed by atoms with Gasteiger partial charge in [0, 0.05) is 5.69 Å². The molecule has 0 heterocycles. The van der Waals surface area contributed by atoms with Gasteiger partial charge in [0.25, 0.3) is 0 Å². The molecule has 1 aromatic rings. The fraction of sp³-hybridized carbons (Fsp3) is 0.571. The number of aryl methyl sites for hydroxylation is 1. The van der Waals surface area contributed by atoms with E-state index in [1.54, 1.807) is 0 Å². The Balaban J connectivity index is 2.78. The molecule has 0 fully saturated rings. The molecule has 1 rings (SSSR count). The number of rotatable bonds is 5. The highest BCUT2D eigenvalue weighted by molar-refractivity contribution is 5.50. The summed E-state index contributed by atoms with van der Waals surface area (Å²) in [4.78, 5) is 0. The number of nitrogen functional groups attached to an aromatic ring is 1. The van der Waals surface area contributed by atoms with Crippen molar-refractivity contribution in [1.29, 1.82) is 0 Å². The van der Waals surface area contributed by atoms with Gasteiger partial charge in [0.1, 0.15) is 0 Å². The van der Waals surface area contributed by atoms with E-state index in [0.29, 0.717) is 5.92 Å². The van der Waals surface area contributed by atoms with E-state index in [1.165, 1.54) is 24.0 Å². The molecular formula is C14H23N. The van der Waals surface area contributed by atoms with Gasteiger partial charge in [-0.05, 0) is 42.4 Å². The van der Waals surface area contributed by atoms with Crippen molar-refractivity contribution < 1.29 is 0 Å². The minimum Gasteiger partial charge on any atom is -0.398 e. The third kappa shape index (κ3) is 3.26. The first-order valence-corrected chi connectivity index (χ1v) is 6.07. The fourth-order valence-electron chi connectivity index (χ4n) is 1.83. The van der Waals surface area contributed by atoms with Crippen LogP contribution in [-0.4, -0.2) is 0 Å². The molecule has 15 heavy (non-hydrogen) atoms. The highest BCUT2D eigenvalue weighted by Crippen LogP contribution is 2.25. The molecule has 1 unspecified atom stereocenters. The van der Waals surface area contributed by atoms with E-state index in [1.807, 2.05) is 0 Å². The number of hydrogen-bond acceptors (Lipinski definition) is 1. The third-order valence-electron chi connectivity index (χ3n) is 3.11. The summed E-state index contributed by atoms with van der Waals surface area (Å²) in [6.07, 6.45) is 4.80. The molecule has 0 aromatic heterocycles. The van der Waals surface area contributed by atoms with Crippen molar-refractivity contribution in [1.82, 2.24) is 0 Å². The zero-order chi connectivity index (χ0) is 11.3. The molecule has 0 bridgehead atoms. The molecule has 0 saturated heterocycles. The van der Waals surface area contributed by atoms with Gasteiger partial charge in [0.15, 0.2) is 0 Å². The Morgan fingerprint density at radius 1 is 1.27 bits per heavy atom. The second-order valence-electron chi connectivity index (χ2n) is 4.38. The van der Waals surface area contributed by atoms with E-state index in [-0.39, 0.29) is 0 Å². The SMILES string of the molecule is CCCCc1ccc(C(C)CC)c(N)c1. The van der Waals surface area contributed by atoms with Crippen LogP contribution < -0.4 is 5.73 Å². The van der Waals surface area contributed by atoms with Gasteiger partial charge in [-0.25, -0.2) is 0 Å². The smallest absolute Gasteiger partial charge is 0.0352 e. The Labute approximate surface area is 93.7 Å². The summed E-state index contributed by atoms with van der Waals surface area (Å²) < 4.78 is 0. The van der Waals surface area contributed by atoms with Gasteiger partial charge in [-0.15, -0.1) is 0 Å². The molecule has 0 aliphatic heterocycles. The van der Waals surface area contributed by atoms with Crippen LogP contribution in [0.3, 0.4) is 0 Å². The molecule has 1 heteroatoms. The van der Waals surface area contributed by atoms with Gasteiger partial charge < -0.3 is 5.73 Å². The Kier molecular flexibility index (Phi) is 4.67. The minimum atomic E-state index is 0.574. The number of benzene rings is 1. The van der Waals surface area contributed by atoms with Gasteiger partial charge in [0.2, 0.25) is 0 Å². The van der Waals surface area contributed by atoms with Crippen LogP contribution in [0.1, 0.15) is 57.1 Å². The van der Waals surface area contributed by atoms with E-state index in [2.05, 4.69) is 39.0 Å². The maximum absolute atomic E-state index is 6.07. The topological polar surface area (TPSA) is 26.0 Å². The molecule has 84 valence electrons. The van der Waals surface area contributed by atoms with E-state index >= 15 is 0 Å². The maximum Gasteiger partial charge on any atom is 0.0352 e. The van der Waals surface area contributed by atoms with Crippen LogP contribution >= 0.6 is 0 Å². The quantitative estimate of drug-likeness (QED) is 0.719. The van der Waals surface area contributed by atoms with Crippen LogP contribution in [-0.2, 0) is 6.42 Å². The van der Waals surface area contributed by atoms with Crippen molar-refractivity contribution in [3.8, 4) is 0 Å². The van der Waals surface area contributed by atoms with Crippen molar-refractivity contribution in [2.24, 2.45) is 0 Å². The highest BCUT2D eigenvalue weighted by atomic mass is 14.6. The van der Waals surface area contributed by atoms with Crippen molar-refractivity contribution in [3.63, 3.8) is 0 Å². The van der Waals surface area contributed by atoms with Gasteiger partial charge in [-0.1, -0.05) is 39.3 Å². The summed E-state index contributed by atoms with van der Waals surface area (Å²) in [6, 6.07) is 6.58. The zero-order valence-corrected chi connectivity index (χ0v) is 10.2. The lowest BCUT2D eigenvalue weighted by Crippen LogP contribution is -1.99. The van der Waals surface area contributed by atoms with E-state index in [4.69, 9.17) is 5.73 Å². The van der Waals surface area contributed by atoms with Crippen molar-refractivity contribution in [2.45, 2.75) is 52.4 Å². The summed E-state index contributed by atoms with van der Waals surface area (Å²) in [5.41, 5.74) is 9.72. The van der Waals surface area contributed by atoms with Crippen molar-refractivity contribution in [2.75, 3.05) is 5.73 Å². The van der Waals surface area contributed by atoms with Crippen LogP contribution in [0.2, 0.25) is 0 Å². The average Bonchev–Trinajstić information content (AvgIpc) is 2.25. The predicted octanol–water partition coefficient (Wildman–Crippen LogP) is 4.12. The standard InChI is InChI=1S/C14H23N/c1-4-6-7-12-8-9-13(11(3)5-2)14(15)10-12/h8-11H,4-7,15H2,1-3H3. The molecule has 2 N–H and O–H groups in total. The first kappa shape index (κ1) is 12.1. The zero-order valence-electron chi connectivity index (χ0n) is 10.2. The minimum absolute atomic E-state index is 0.574. The molecule has 1 atom stereocenters. The summed E-state index contributed by atoms with van der Waals surface area (Å²) in [7, 11) is 0. The third-order valence-corrected chi connectivity index (χ3v) is 3.11. The molecule has 0 saturated carbocycles. The molecule has 0 aliphatic rings. The Bertz CT molecular complexity index is 304. The van der Waals surface area contributed by atoms with Crippen LogP contribution in [0.4, 0.5) is 5.69 Å². The molecule has 0 amide bonds. The van der Waals surface area contributed by atoms with Gasteiger partial charge in [-0.3, -0.25) is 0 Å². The number of hydrogen-bond donors (Lipinski definition) is 1. The summed E-state index contributed by atoms with van der Waals surface area (Å²) >= 11 is 0. The van der Waals surface area contributed by atoms with E-state index < -0.39 is 0 Å². The summed E-state index contributed by atoms with van der Waals surface area (Å²) in [5.74, 6) is 0.574. The van der Waals surface area contributed by atoms with E-state index in [9.17, 15) is 0 Å². The predicted molar refractivity (Wildman–Crippen MR) is 68.2 cm³/mol. The maximum atomic E-state index is 6.07. The lowest BCUT2D eigenvalue weighted by molar-refractivity contribution is 0.734. The Morgan fingerprint density at radius 2 is 2.00 bits per heavy atom. The number of anilines is 1. The lowest BCUT2D eigenvalue weighted by atomic mass is 9.95. The van der Waals surface area contributed by atoms with Gasteiger partial charge in [0.05, 0.1) is 0 Å². The van der Waals surface area contributed by atoms with Gasteiger partial charge in [-0.2, -0.15) is 0 Å².